The summed E-state index contributed by atoms with van der Waals surface area (Å²) < 4.78 is 11.4. The molecule has 0 aliphatic rings. The minimum atomic E-state index is 0.0311. The lowest BCUT2D eigenvalue weighted by Crippen LogP contribution is -2.26. The van der Waals surface area contributed by atoms with Crippen LogP contribution in [0.25, 0.3) is 0 Å². The lowest BCUT2D eigenvalue weighted by Gasteiger charge is -2.09. The molecule has 0 atom stereocenters. The Balaban J connectivity index is 2.18. The molecule has 0 aliphatic carbocycles. The number of hydrogen-bond donors (Lipinski definition) is 1. The van der Waals surface area contributed by atoms with Gasteiger partial charge in [-0.05, 0) is 47.0 Å². The van der Waals surface area contributed by atoms with E-state index in [1.165, 1.54) is 5.56 Å². The van der Waals surface area contributed by atoms with Crippen molar-refractivity contribution >= 4 is 21.8 Å². The third-order valence-electron chi connectivity index (χ3n) is 2.52. The zero-order chi connectivity index (χ0) is 14.1. The van der Waals surface area contributed by atoms with Crippen LogP contribution < -0.4 is 10.1 Å². The van der Waals surface area contributed by atoms with Crippen molar-refractivity contribution in [2.75, 3.05) is 26.9 Å². The highest BCUT2D eigenvalue weighted by atomic mass is 79.9. The predicted octanol–water partition coefficient (Wildman–Crippen LogP) is 2.68. The Labute approximate surface area is 122 Å². The lowest BCUT2D eigenvalue weighted by atomic mass is 10.2. The summed E-state index contributed by atoms with van der Waals surface area (Å²) in [6, 6.07) is 5.93. The van der Waals surface area contributed by atoms with Crippen LogP contribution >= 0.6 is 15.9 Å². The molecule has 0 aromatic heterocycles. The third-order valence-corrected chi connectivity index (χ3v) is 3.14. The van der Waals surface area contributed by atoms with Crippen LogP contribution in [0, 0.1) is 6.92 Å². The molecule has 0 fully saturated rings. The Bertz CT molecular complexity index is 410. The fourth-order valence-corrected chi connectivity index (χ4v) is 2.13. The first-order valence-corrected chi connectivity index (χ1v) is 7.07. The number of rotatable bonds is 8. The second-order valence-corrected chi connectivity index (χ2v) is 5.08. The molecule has 0 heterocycles. The van der Waals surface area contributed by atoms with Crippen LogP contribution in [0.1, 0.15) is 18.4 Å². The number of carbonyl (C=O) groups is 1. The first kappa shape index (κ1) is 16.0. The predicted molar refractivity (Wildman–Crippen MR) is 78.5 cm³/mol. The summed E-state index contributed by atoms with van der Waals surface area (Å²) in [6.07, 6.45) is 1.16. The SMILES string of the molecule is COCCNC(=O)CCCOc1ccc(C)cc1Br. The summed E-state index contributed by atoms with van der Waals surface area (Å²) in [6.45, 7) is 3.65. The molecule has 1 N–H and O–H groups in total. The number of amides is 1. The standard InChI is InChI=1S/C14H20BrNO3/c1-11-5-6-13(12(15)10-11)19-8-3-4-14(17)16-7-9-18-2/h5-6,10H,3-4,7-9H2,1-2H3,(H,16,17). The van der Waals surface area contributed by atoms with Crippen LogP contribution in [0.15, 0.2) is 22.7 Å². The number of methoxy groups -OCH3 is 1. The van der Waals surface area contributed by atoms with Gasteiger partial charge in [-0.25, -0.2) is 0 Å². The number of benzene rings is 1. The minimum Gasteiger partial charge on any atom is -0.492 e. The van der Waals surface area contributed by atoms with Gasteiger partial charge in [0, 0.05) is 20.1 Å². The van der Waals surface area contributed by atoms with Crippen molar-refractivity contribution in [2.24, 2.45) is 0 Å². The van der Waals surface area contributed by atoms with Gasteiger partial charge in [-0.3, -0.25) is 4.79 Å². The first-order chi connectivity index (χ1) is 9.13. The Morgan fingerprint density at radius 1 is 1.37 bits per heavy atom. The number of ether oxygens (including phenoxy) is 2. The molecule has 0 saturated heterocycles. The van der Waals surface area contributed by atoms with Gasteiger partial charge in [0.05, 0.1) is 17.7 Å². The topological polar surface area (TPSA) is 47.6 Å². The maximum Gasteiger partial charge on any atom is 0.220 e. The van der Waals surface area contributed by atoms with E-state index in [0.29, 0.717) is 32.6 Å². The van der Waals surface area contributed by atoms with Crippen molar-refractivity contribution in [1.29, 1.82) is 0 Å². The van der Waals surface area contributed by atoms with Crippen molar-refractivity contribution in [2.45, 2.75) is 19.8 Å². The second kappa shape index (κ2) is 8.93. The summed E-state index contributed by atoms with van der Waals surface area (Å²) in [5, 5.41) is 2.77. The lowest BCUT2D eigenvalue weighted by molar-refractivity contribution is -0.121. The van der Waals surface area contributed by atoms with E-state index in [1.54, 1.807) is 7.11 Å². The van der Waals surface area contributed by atoms with Crippen LogP contribution in [0.2, 0.25) is 0 Å². The number of aryl methyl sites for hydroxylation is 1. The molecule has 4 nitrogen and oxygen atoms in total. The maximum atomic E-state index is 11.4. The van der Waals surface area contributed by atoms with Crippen molar-refractivity contribution < 1.29 is 14.3 Å². The fourth-order valence-electron chi connectivity index (χ4n) is 1.52. The van der Waals surface area contributed by atoms with Crippen LogP contribution in [-0.2, 0) is 9.53 Å². The largest absolute Gasteiger partial charge is 0.492 e. The summed E-state index contributed by atoms with van der Waals surface area (Å²) in [5.74, 6) is 0.842. The molecule has 0 aliphatic heterocycles. The number of carbonyl (C=O) groups excluding carboxylic acids is 1. The molecule has 1 aromatic carbocycles. The van der Waals surface area contributed by atoms with Gasteiger partial charge < -0.3 is 14.8 Å². The molecule has 106 valence electrons. The molecular formula is C14H20BrNO3. The van der Waals surface area contributed by atoms with Crippen molar-refractivity contribution in [3.63, 3.8) is 0 Å². The van der Waals surface area contributed by atoms with E-state index in [-0.39, 0.29) is 5.91 Å². The number of hydrogen-bond acceptors (Lipinski definition) is 3. The van der Waals surface area contributed by atoms with Gasteiger partial charge in [-0.1, -0.05) is 6.07 Å². The van der Waals surface area contributed by atoms with Crippen LogP contribution in [0.4, 0.5) is 0 Å². The summed E-state index contributed by atoms with van der Waals surface area (Å²) in [7, 11) is 1.61. The third kappa shape index (κ3) is 6.59. The van der Waals surface area contributed by atoms with Gasteiger partial charge in [0.2, 0.25) is 5.91 Å². The molecule has 0 unspecified atom stereocenters. The average molecular weight is 330 g/mol. The molecule has 0 bridgehead atoms. The van der Waals surface area contributed by atoms with Gasteiger partial charge in [0.15, 0.2) is 0 Å². The van der Waals surface area contributed by atoms with E-state index >= 15 is 0 Å². The molecule has 0 saturated carbocycles. The van der Waals surface area contributed by atoms with Crippen LogP contribution in [0.3, 0.4) is 0 Å². The van der Waals surface area contributed by atoms with E-state index in [2.05, 4.69) is 21.2 Å². The van der Waals surface area contributed by atoms with Gasteiger partial charge in [-0.2, -0.15) is 0 Å². The summed E-state index contributed by atoms with van der Waals surface area (Å²) in [5.41, 5.74) is 1.18. The van der Waals surface area contributed by atoms with E-state index in [1.807, 2.05) is 25.1 Å². The number of halogens is 1. The highest BCUT2D eigenvalue weighted by Gasteiger charge is 2.03. The van der Waals surface area contributed by atoms with Crippen molar-refractivity contribution in [1.82, 2.24) is 5.32 Å². The highest BCUT2D eigenvalue weighted by molar-refractivity contribution is 9.10. The maximum absolute atomic E-state index is 11.4. The minimum absolute atomic E-state index is 0.0311. The quantitative estimate of drug-likeness (QED) is 0.746. The monoisotopic (exact) mass is 329 g/mol. The van der Waals surface area contributed by atoms with E-state index in [0.717, 1.165) is 10.2 Å². The zero-order valence-electron chi connectivity index (χ0n) is 11.4. The second-order valence-electron chi connectivity index (χ2n) is 4.23. The van der Waals surface area contributed by atoms with Crippen molar-refractivity contribution in [3.05, 3.63) is 28.2 Å². The van der Waals surface area contributed by atoms with Crippen LogP contribution in [0.5, 0.6) is 5.75 Å². The molecule has 19 heavy (non-hydrogen) atoms. The molecule has 1 aromatic rings. The van der Waals surface area contributed by atoms with Gasteiger partial charge in [0.25, 0.3) is 0 Å². The van der Waals surface area contributed by atoms with Gasteiger partial charge in [0.1, 0.15) is 5.75 Å². The Morgan fingerprint density at radius 2 is 2.16 bits per heavy atom. The Hall–Kier alpha value is -1.07. The van der Waals surface area contributed by atoms with E-state index in [4.69, 9.17) is 9.47 Å². The Kier molecular flexibility index (Phi) is 7.52. The van der Waals surface area contributed by atoms with E-state index < -0.39 is 0 Å². The summed E-state index contributed by atoms with van der Waals surface area (Å²) >= 11 is 3.45. The molecule has 5 heteroatoms. The molecule has 0 spiro atoms. The molecule has 1 amide bonds. The van der Waals surface area contributed by atoms with Crippen molar-refractivity contribution in [3.8, 4) is 5.75 Å². The van der Waals surface area contributed by atoms with E-state index in [9.17, 15) is 4.79 Å². The zero-order valence-corrected chi connectivity index (χ0v) is 13.0. The molecular weight excluding hydrogens is 310 g/mol. The smallest absolute Gasteiger partial charge is 0.220 e. The number of nitrogens with one attached hydrogen (secondary N) is 1. The van der Waals surface area contributed by atoms with Gasteiger partial charge >= 0.3 is 0 Å². The fraction of sp³-hybridized carbons (Fsp3) is 0.500. The molecule has 1 rings (SSSR count). The van der Waals surface area contributed by atoms with Gasteiger partial charge in [-0.15, -0.1) is 0 Å². The van der Waals surface area contributed by atoms with Crippen LogP contribution in [-0.4, -0.2) is 32.8 Å². The normalized spacial score (nSPS) is 10.3. The Morgan fingerprint density at radius 3 is 2.84 bits per heavy atom. The average Bonchev–Trinajstić information content (AvgIpc) is 2.37. The summed E-state index contributed by atoms with van der Waals surface area (Å²) in [4.78, 5) is 11.4. The highest BCUT2D eigenvalue weighted by Crippen LogP contribution is 2.25. The molecule has 0 radical (unpaired) electrons. The first-order valence-electron chi connectivity index (χ1n) is 6.28.